The number of fused-ring (bicyclic) bond motifs is 3. The Kier molecular flexibility index (Phi) is 5.38. The predicted molar refractivity (Wildman–Crippen MR) is 145 cm³/mol. The number of likely N-dealkylation sites (N-methyl/N-ethyl adjacent to an activating group) is 1. The number of pyridine rings is 2. The van der Waals surface area contributed by atoms with Gasteiger partial charge in [-0.15, -0.1) is 11.3 Å². The number of aromatic nitrogens is 5. The number of aryl methyl sites for hydroxylation is 1. The second-order valence-electron chi connectivity index (χ2n) is 10.7. The highest BCUT2D eigenvalue weighted by Gasteiger charge is 2.42. The lowest BCUT2D eigenvalue weighted by Gasteiger charge is -2.32. The molecule has 0 radical (unpaired) electrons. The third-order valence-electron chi connectivity index (χ3n) is 8.06. The molecule has 9 nitrogen and oxygen atoms in total. The van der Waals surface area contributed by atoms with E-state index in [-0.39, 0.29) is 0 Å². The number of nitrogens with one attached hydrogen (secondary N) is 1. The zero-order valence-corrected chi connectivity index (χ0v) is 21.9. The highest BCUT2D eigenvalue weighted by atomic mass is 32.1. The van der Waals surface area contributed by atoms with Gasteiger partial charge in [-0.3, -0.25) is 9.88 Å². The summed E-state index contributed by atoms with van der Waals surface area (Å²) in [5.74, 6) is 2.23. The lowest BCUT2D eigenvalue weighted by molar-refractivity contribution is 0.0400. The van der Waals surface area contributed by atoms with E-state index >= 15 is 0 Å². The minimum absolute atomic E-state index is 0.482. The largest absolute Gasteiger partial charge is 0.384 e. The molecule has 7 rings (SSSR count). The Labute approximate surface area is 219 Å². The van der Waals surface area contributed by atoms with Crippen LogP contribution >= 0.6 is 11.3 Å². The van der Waals surface area contributed by atoms with Crippen LogP contribution in [0.25, 0.3) is 20.8 Å². The van der Waals surface area contributed by atoms with Crippen molar-refractivity contribution >= 4 is 39.1 Å². The first-order valence-corrected chi connectivity index (χ1v) is 13.8. The molecular weight excluding hydrogens is 484 g/mol. The highest BCUT2D eigenvalue weighted by molar-refractivity contribution is 7.21. The van der Waals surface area contributed by atoms with Crippen molar-refractivity contribution in [3.8, 4) is 10.6 Å². The van der Waals surface area contributed by atoms with Gasteiger partial charge in [-0.05, 0) is 45.4 Å². The van der Waals surface area contributed by atoms with Crippen LogP contribution < -0.4 is 10.2 Å². The molecule has 0 spiro atoms. The first-order valence-electron chi connectivity index (χ1n) is 13.0. The highest BCUT2D eigenvalue weighted by Crippen LogP contribution is 2.39. The van der Waals surface area contributed by atoms with Crippen molar-refractivity contribution in [2.45, 2.75) is 56.7 Å². The number of piperazine rings is 1. The summed E-state index contributed by atoms with van der Waals surface area (Å²) >= 11 is 1.60. The average Bonchev–Trinajstić information content (AvgIpc) is 3.67. The fourth-order valence-electron chi connectivity index (χ4n) is 6.05. The van der Waals surface area contributed by atoms with Crippen LogP contribution in [0.2, 0.25) is 0 Å². The maximum Gasteiger partial charge on any atom is 0.227 e. The number of nitrogens with zero attached hydrogens (tertiary/aromatic N) is 7. The maximum absolute atomic E-state index is 11.0. The Balaban J connectivity index is 1.14. The van der Waals surface area contributed by atoms with Gasteiger partial charge in [-0.1, -0.05) is 12.8 Å². The Morgan fingerprint density at radius 3 is 2.68 bits per heavy atom. The Hall–Kier alpha value is -3.21. The summed E-state index contributed by atoms with van der Waals surface area (Å²) in [6, 6.07) is 8.94. The molecule has 4 aromatic rings. The van der Waals surface area contributed by atoms with Gasteiger partial charge < -0.3 is 15.3 Å². The van der Waals surface area contributed by atoms with E-state index < -0.39 is 5.60 Å². The average molecular weight is 515 g/mol. The fraction of sp³-hybridized carbons (Fsp3) is 0.444. The van der Waals surface area contributed by atoms with E-state index in [1.54, 1.807) is 17.5 Å². The molecule has 1 aliphatic carbocycles. The van der Waals surface area contributed by atoms with Gasteiger partial charge in [-0.25, -0.2) is 15.0 Å². The van der Waals surface area contributed by atoms with E-state index in [9.17, 15) is 5.11 Å². The molecule has 2 atom stereocenters. The molecule has 190 valence electrons. The zero-order valence-electron chi connectivity index (χ0n) is 21.1. The summed E-state index contributed by atoms with van der Waals surface area (Å²) in [7, 11) is 2.20. The van der Waals surface area contributed by atoms with Crippen molar-refractivity contribution in [3.63, 3.8) is 0 Å². The molecule has 2 N–H and O–H groups in total. The van der Waals surface area contributed by atoms with E-state index in [1.807, 2.05) is 37.4 Å². The van der Waals surface area contributed by atoms with Crippen molar-refractivity contribution in [2.75, 3.05) is 30.4 Å². The van der Waals surface area contributed by atoms with Crippen LogP contribution in [-0.4, -0.2) is 67.1 Å². The van der Waals surface area contributed by atoms with Gasteiger partial charge >= 0.3 is 0 Å². The number of thiazole rings is 1. The molecule has 1 saturated carbocycles. The van der Waals surface area contributed by atoms with Crippen molar-refractivity contribution in [1.82, 2.24) is 29.8 Å². The summed E-state index contributed by atoms with van der Waals surface area (Å²) in [4.78, 5) is 28.3. The molecule has 2 aliphatic heterocycles. The standard InChI is InChI=1S/C27H30N8OS/c1-16-9-24(33-26(30-16)35-15-18-11-19(35)14-34(18)2)32-23-12-20-21(13-29-23)37-25(31-20)17-5-8-28-22(10-17)27(36)6-3-4-7-27/h5,8-10,12-13,18-19,36H,3-4,6-7,11,14-15H2,1-2H3,(H,29,30,32,33)/t18-,19-/m0/s1. The first kappa shape index (κ1) is 22.9. The molecule has 37 heavy (non-hydrogen) atoms. The fourth-order valence-corrected chi connectivity index (χ4v) is 6.96. The third kappa shape index (κ3) is 4.13. The number of hydrogen-bond acceptors (Lipinski definition) is 10. The normalized spacial score (nSPS) is 22.8. The van der Waals surface area contributed by atoms with Crippen LogP contribution in [-0.2, 0) is 5.60 Å². The second kappa shape index (κ2) is 8.68. The molecule has 3 fully saturated rings. The van der Waals surface area contributed by atoms with Crippen LogP contribution in [0.3, 0.4) is 0 Å². The molecule has 0 aromatic carbocycles. The number of likely N-dealkylation sites (tertiary alicyclic amines) is 1. The van der Waals surface area contributed by atoms with Crippen LogP contribution in [0.5, 0.6) is 0 Å². The van der Waals surface area contributed by atoms with Crippen LogP contribution in [0.1, 0.15) is 43.5 Å². The topological polar surface area (TPSA) is 103 Å². The van der Waals surface area contributed by atoms with Crippen LogP contribution in [0, 0.1) is 6.92 Å². The molecule has 0 unspecified atom stereocenters. The van der Waals surface area contributed by atoms with Crippen molar-refractivity contribution in [3.05, 3.63) is 48.0 Å². The zero-order chi connectivity index (χ0) is 25.1. The number of rotatable bonds is 5. The van der Waals surface area contributed by atoms with E-state index in [2.05, 4.69) is 32.1 Å². The number of anilines is 3. The summed E-state index contributed by atoms with van der Waals surface area (Å²) in [5, 5.41) is 15.3. The van der Waals surface area contributed by atoms with Gasteiger partial charge in [0.1, 0.15) is 22.2 Å². The van der Waals surface area contributed by atoms with Gasteiger partial charge in [0.15, 0.2) is 0 Å². The third-order valence-corrected chi connectivity index (χ3v) is 9.11. The lowest BCUT2D eigenvalue weighted by Crippen LogP contribution is -2.45. The van der Waals surface area contributed by atoms with Crippen LogP contribution in [0.15, 0.2) is 36.7 Å². The van der Waals surface area contributed by atoms with Crippen LogP contribution in [0.4, 0.5) is 17.6 Å². The molecular formula is C27H30N8OS. The van der Waals surface area contributed by atoms with Crippen molar-refractivity contribution in [1.29, 1.82) is 0 Å². The van der Waals surface area contributed by atoms with E-state index in [0.29, 0.717) is 17.9 Å². The molecule has 2 bridgehead atoms. The van der Waals surface area contributed by atoms with E-state index in [4.69, 9.17) is 15.0 Å². The lowest BCUT2D eigenvalue weighted by atomic mass is 9.96. The SMILES string of the molecule is Cc1cc(Nc2cc3nc(-c4ccnc(C5(O)CCCC5)c4)sc3cn2)nc(N2C[C@@H]3C[C@H]2CN3C)n1. The Morgan fingerprint density at radius 2 is 1.89 bits per heavy atom. The molecule has 4 aromatic heterocycles. The quantitative estimate of drug-likeness (QED) is 0.404. The van der Waals surface area contributed by atoms with E-state index in [0.717, 1.165) is 82.7 Å². The number of aliphatic hydroxyl groups is 1. The summed E-state index contributed by atoms with van der Waals surface area (Å²) in [6.07, 6.45) is 8.42. The molecule has 10 heteroatoms. The summed E-state index contributed by atoms with van der Waals surface area (Å²) in [5.41, 5.74) is 2.71. The van der Waals surface area contributed by atoms with Gasteiger partial charge in [0.05, 0.1) is 15.9 Å². The Morgan fingerprint density at radius 1 is 1.03 bits per heavy atom. The van der Waals surface area contributed by atoms with E-state index in [1.165, 1.54) is 6.42 Å². The van der Waals surface area contributed by atoms with Gasteiger partial charge in [-0.2, -0.15) is 4.98 Å². The van der Waals surface area contributed by atoms with Gasteiger partial charge in [0.2, 0.25) is 5.95 Å². The maximum atomic E-state index is 11.0. The minimum atomic E-state index is -0.815. The molecule has 3 aliphatic rings. The second-order valence-corrected chi connectivity index (χ2v) is 11.7. The minimum Gasteiger partial charge on any atom is -0.384 e. The summed E-state index contributed by atoms with van der Waals surface area (Å²) < 4.78 is 1.01. The Bertz CT molecular complexity index is 1480. The molecule has 6 heterocycles. The monoisotopic (exact) mass is 514 g/mol. The van der Waals surface area contributed by atoms with Crippen molar-refractivity contribution < 1.29 is 5.11 Å². The van der Waals surface area contributed by atoms with Gasteiger partial charge in [0, 0.05) is 61.0 Å². The molecule has 0 amide bonds. The van der Waals surface area contributed by atoms with Crippen molar-refractivity contribution in [2.24, 2.45) is 0 Å². The summed E-state index contributed by atoms with van der Waals surface area (Å²) in [6.45, 7) is 4.04. The number of hydrogen-bond donors (Lipinski definition) is 2. The van der Waals surface area contributed by atoms with Gasteiger partial charge in [0.25, 0.3) is 0 Å². The first-order chi connectivity index (χ1) is 17.9. The molecule has 2 saturated heterocycles. The smallest absolute Gasteiger partial charge is 0.227 e. The predicted octanol–water partition coefficient (Wildman–Crippen LogP) is 4.25.